The van der Waals surface area contributed by atoms with E-state index in [0.717, 1.165) is 17.5 Å². The van der Waals surface area contributed by atoms with Gasteiger partial charge in [-0.15, -0.1) is 0 Å². The van der Waals surface area contributed by atoms with E-state index in [2.05, 4.69) is 8.75 Å². The zero-order valence-electron chi connectivity index (χ0n) is 7.48. The predicted molar refractivity (Wildman–Crippen MR) is 55.7 cm³/mol. The van der Waals surface area contributed by atoms with Crippen molar-refractivity contribution in [3.05, 3.63) is 29.3 Å². The second kappa shape index (κ2) is 3.98. The van der Waals surface area contributed by atoms with Crippen LogP contribution < -0.4 is 4.90 Å². The van der Waals surface area contributed by atoms with E-state index >= 15 is 0 Å². The molecule has 74 valence electrons. The van der Waals surface area contributed by atoms with E-state index in [4.69, 9.17) is 16.0 Å². The van der Waals surface area contributed by atoms with Crippen LogP contribution >= 0.6 is 23.3 Å². The van der Waals surface area contributed by atoms with Gasteiger partial charge in [0, 0.05) is 7.05 Å². The minimum atomic E-state index is 0.434. The molecule has 14 heavy (non-hydrogen) atoms. The lowest BCUT2D eigenvalue weighted by atomic mass is 10.4. The third-order valence-corrected chi connectivity index (χ3v) is 2.64. The molecule has 2 rings (SSSR count). The van der Waals surface area contributed by atoms with Crippen LogP contribution in [0.3, 0.4) is 0 Å². The first-order valence-electron chi connectivity index (χ1n) is 3.99. The highest BCUT2D eigenvalue weighted by Gasteiger charge is 2.11. The average molecular weight is 230 g/mol. The number of nitrogens with zero attached hydrogens (tertiary/aromatic N) is 3. The van der Waals surface area contributed by atoms with Gasteiger partial charge < -0.3 is 9.32 Å². The van der Waals surface area contributed by atoms with Crippen LogP contribution in [-0.4, -0.2) is 15.8 Å². The first-order valence-corrected chi connectivity index (χ1v) is 5.10. The van der Waals surface area contributed by atoms with E-state index in [-0.39, 0.29) is 0 Å². The van der Waals surface area contributed by atoms with Crippen molar-refractivity contribution >= 4 is 29.1 Å². The van der Waals surface area contributed by atoms with E-state index in [1.165, 1.54) is 0 Å². The average Bonchev–Trinajstić information content (AvgIpc) is 2.75. The molecule has 0 bridgehead atoms. The fraction of sp³-hybridized carbons (Fsp3) is 0.250. The number of rotatable bonds is 3. The van der Waals surface area contributed by atoms with Crippen molar-refractivity contribution in [3.8, 4) is 0 Å². The highest BCUT2D eigenvalue weighted by Crippen LogP contribution is 2.22. The standard InChI is InChI=1S/C8H8ClN3OS/c1-12(5-6-3-2-4-13-6)8-7(9)10-14-11-8/h2-4H,5H2,1H3. The van der Waals surface area contributed by atoms with Crippen LogP contribution in [0, 0.1) is 0 Å². The molecule has 0 aliphatic heterocycles. The fourth-order valence-electron chi connectivity index (χ4n) is 1.11. The Kier molecular flexibility index (Phi) is 2.69. The molecular formula is C8H8ClN3OS. The van der Waals surface area contributed by atoms with Crippen molar-refractivity contribution in [3.63, 3.8) is 0 Å². The second-order valence-electron chi connectivity index (χ2n) is 2.81. The van der Waals surface area contributed by atoms with E-state index in [1.54, 1.807) is 6.26 Å². The molecule has 0 aromatic carbocycles. The first kappa shape index (κ1) is 9.48. The molecule has 0 radical (unpaired) electrons. The molecule has 2 aromatic heterocycles. The topological polar surface area (TPSA) is 42.2 Å². The van der Waals surface area contributed by atoms with Gasteiger partial charge in [0.1, 0.15) is 5.76 Å². The Bertz CT molecular complexity index is 400. The van der Waals surface area contributed by atoms with Gasteiger partial charge in [0.15, 0.2) is 11.0 Å². The van der Waals surface area contributed by atoms with Gasteiger partial charge in [-0.2, -0.15) is 8.75 Å². The summed E-state index contributed by atoms with van der Waals surface area (Å²) < 4.78 is 13.2. The molecule has 2 heterocycles. The molecule has 6 heteroatoms. The maximum Gasteiger partial charge on any atom is 0.187 e. The Morgan fingerprint density at radius 3 is 3.00 bits per heavy atom. The second-order valence-corrected chi connectivity index (χ2v) is 3.70. The van der Waals surface area contributed by atoms with Crippen LogP contribution in [-0.2, 0) is 6.54 Å². The number of hydrogen-bond donors (Lipinski definition) is 0. The van der Waals surface area contributed by atoms with Crippen LogP contribution in [0.1, 0.15) is 5.76 Å². The molecule has 0 saturated heterocycles. The number of furan rings is 1. The van der Waals surface area contributed by atoms with E-state index in [1.807, 2.05) is 24.1 Å². The Balaban J connectivity index is 2.10. The van der Waals surface area contributed by atoms with Crippen LogP contribution in [0.25, 0.3) is 0 Å². The zero-order valence-corrected chi connectivity index (χ0v) is 9.05. The Hall–Kier alpha value is -1.07. The van der Waals surface area contributed by atoms with Crippen molar-refractivity contribution in [2.75, 3.05) is 11.9 Å². The summed E-state index contributed by atoms with van der Waals surface area (Å²) in [5.74, 6) is 1.56. The van der Waals surface area contributed by atoms with Gasteiger partial charge in [-0.25, -0.2) is 0 Å². The van der Waals surface area contributed by atoms with E-state index in [9.17, 15) is 0 Å². The third kappa shape index (κ3) is 1.88. The van der Waals surface area contributed by atoms with Gasteiger partial charge >= 0.3 is 0 Å². The number of anilines is 1. The van der Waals surface area contributed by atoms with Crippen molar-refractivity contribution in [2.24, 2.45) is 0 Å². The lowest BCUT2D eigenvalue weighted by Gasteiger charge is -2.13. The summed E-state index contributed by atoms with van der Waals surface area (Å²) in [5, 5.41) is 0.434. The molecule has 0 N–H and O–H groups in total. The molecule has 0 aliphatic rings. The van der Waals surface area contributed by atoms with Crippen LogP contribution in [0.4, 0.5) is 5.82 Å². The van der Waals surface area contributed by atoms with Gasteiger partial charge in [-0.3, -0.25) is 0 Å². The molecule has 2 aromatic rings. The summed E-state index contributed by atoms with van der Waals surface area (Å²) in [7, 11) is 1.89. The van der Waals surface area contributed by atoms with E-state index in [0.29, 0.717) is 17.5 Å². The predicted octanol–water partition coefficient (Wildman–Crippen LogP) is 2.42. The molecule has 0 unspecified atom stereocenters. The van der Waals surface area contributed by atoms with Crippen LogP contribution in [0.15, 0.2) is 22.8 Å². The van der Waals surface area contributed by atoms with Crippen molar-refractivity contribution in [2.45, 2.75) is 6.54 Å². The molecule has 0 aliphatic carbocycles. The summed E-state index contributed by atoms with van der Waals surface area (Å²) in [5.41, 5.74) is 0. The van der Waals surface area contributed by atoms with Crippen LogP contribution in [0.5, 0.6) is 0 Å². The Labute approximate surface area is 90.4 Å². The summed E-state index contributed by atoms with van der Waals surface area (Å²) in [6, 6.07) is 3.76. The van der Waals surface area contributed by atoms with Gasteiger partial charge in [-0.05, 0) is 12.1 Å². The molecule has 0 saturated carbocycles. The maximum absolute atomic E-state index is 5.84. The van der Waals surface area contributed by atoms with Gasteiger partial charge in [0.05, 0.1) is 24.5 Å². The minimum absolute atomic E-state index is 0.434. The smallest absolute Gasteiger partial charge is 0.187 e. The summed E-state index contributed by atoms with van der Waals surface area (Å²) >= 11 is 6.94. The normalized spacial score (nSPS) is 10.4. The number of aromatic nitrogens is 2. The summed E-state index contributed by atoms with van der Waals surface area (Å²) in [6.07, 6.45) is 1.64. The maximum atomic E-state index is 5.84. The third-order valence-electron chi connectivity index (χ3n) is 1.77. The minimum Gasteiger partial charge on any atom is -0.467 e. The molecule has 0 fully saturated rings. The lowest BCUT2D eigenvalue weighted by molar-refractivity contribution is 0.507. The number of hydrogen-bond acceptors (Lipinski definition) is 5. The largest absolute Gasteiger partial charge is 0.467 e. The SMILES string of the molecule is CN(Cc1ccco1)c1nsnc1Cl. The summed E-state index contributed by atoms with van der Waals surface area (Å²) in [4.78, 5) is 1.89. The Morgan fingerprint density at radius 1 is 1.57 bits per heavy atom. The van der Waals surface area contributed by atoms with Crippen molar-refractivity contribution in [1.82, 2.24) is 8.75 Å². The quantitative estimate of drug-likeness (QED) is 0.811. The van der Waals surface area contributed by atoms with Crippen LogP contribution in [0.2, 0.25) is 5.15 Å². The monoisotopic (exact) mass is 229 g/mol. The fourth-order valence-corrected chi connectivity index (χ4v) is 1.94. The lowest BCUT2D eigenvalue weighted by Crippen LogP contribution is -2.16. The molecular weight excluding hydrogens is 222 g/mol. The zero-order chi connectivity index (χ0) is 9.97. The van der Waals surface area contributed by atoms with Gasteiger partial charge in [0.25, 0.3) is 0 Å². The van der Waals surface area contributed by atoms with Gasteiger partial charge in [0.2, 0.25) is 0 Å². The molecule has 0 spiro atoms. The molecule has 0 amide bonds. The Morgan fingerprint density at radius 2 is 2.43 bits per heavy atom. The molecule has 4 nitrogen and oxygen atoms in total. The highest BCUT2D eigenvalue weighted by molar-refractivity contribution is 6.99. The molecule has 0 atom stereocenters. The van der Waals surface area contributed by atoms with Gasteiger partial charge in [-0.1, -0.05) is 11.6 Å². The van der Waals surface area contributed by atoms with E-state index < -0.39 is 0 Å². The first-order chi connectivity index (χ1) is 6.77. The number of halogens is 1. The summed E-state index contributed by atoms with van der Waals surface area (Å²) in [6.45, 7) is 0.637. The van der Waals surface area contributed by atoms with Crippen molar-refractivity contribution < 1.29 is 4.42 Å². The highest BCUT2D eigenvalue weighted by atomic mass is 35.5. The van der Waals surface area contributed by atoms with Crippen molar-refractivity contribution in [1.29, 1.82) is 0 Å².